The van der Waals surface area contributed by atoms with E-state index in [0.717, 1.165) is 5.39 Å². The van der Waals surface area contributed by atoms with Crippen molar-refractivity contribution in [1.82, 2.24) is 5.32 Å². The van der Waals surface area contributed by atoms with Gasteiger partial charge in [0.2, 0.25) is 0 Å². The quantitative estimate of drug-likeness (QED) is 0.612. The van der Waals surface area contributed by atoms with Gasteiger partial charge in [-0.2, -0.15) is 13.2 Å². The first kappa shape index (κ1) is 19.2. The number of hydrogen-bond donors (Lipinski definition) is 2. The summed E-state index contributed by atoms with van der Waals surface area (Å²) in [6, 6.07) is 8.07. The lowest BCUT2D eigenvalue weighted by atomic mass is 9.99. The zero-order valence-corrected chi connectivity index (χ0v) is 14.9. The average Bonchev–Trinajstić information content (AvgIpc) is 2.94. The van der Waals surface area contributed by atoms with Crippen molar-refractivity contribution < 1.29 is 27.5 Å². The van der Waals surface area contributed by atoms with E-state index in [9.17, 15) is 23.1 Å². The molecule has 2 unspecified atom stereocenters. The Morgan fingerprint density at radius 2 is 1.78 bits per heavy atom. The van der Waals surface area contributed by atoms with Gasteiger partial charge in [0, 0.05) is 10.8 Å². The maximum Gasteiger partial charge on any atom is 0.407 e. The molecule has 0 aliphatic rings. The van der Waals surface area contributed by atoms with Crippen molar-refractivity contribution in [1.29, 1.82) is 0 Å². The van der Waals surface area contributed by atoms with Crippen LogP contribution < -0.4 is 5.32 Å². The monoisotopic (exact) mass is 379 g/mol. The Bertz CT molecular complexity index is 962. The van der Waals surface area contributed by atoms with E-state index >= 15 is 0 Å². The van der Waals surface area contributed by atoms with Crippen LogP contribution in [0.3, 0.4) is 0 Å². The number of carbonyl (C=O) groups is 1. The van der Waals surface area contributed by atoms with Crippen LogP contribution in [-0.2, 0) is 4.79 Å². The van der Waals surface area contributed by atoms with Crippen molar-refractivity contribution in [2.24, 2.45) is 5.92 Å². The molecular formula is C20H20F3NO3. The van der Waals surface area contributed by atoms with E-state index in [-0.39, 0.29) is 17.9 Å². The molecule has 3 aromatic rings. The van der Waals surface area contributed by atoms with Crippen LogP contribution in [0.2, 0.25) is 0 Å². The van der Waals surface area contributed by atoms with Gasteiger partial charge in [-0.25, -0.2) is 0 Å². The number of furan rings is 1. The number of benzene rings is 2. The Balaban J connectivity index is 2.02. The van der Waals surface area contributed by atoms with Crippen molar-refractivity contribution in [2.75, 3.05) is 0 Å². The van der Waals surface area contributed by atoms with E-state index in [4.69, 9.17) is 4.42 Å². The highest BCUT2D eigenvalue weighted by molar-refractivity contribution is 6.04. The van der Waals surface area contributed by atoms with Crippen LogP contribution in [0.1, 0.15) is 31.9 Å². The highest BCUT2D eigenvalue weighted by Crippen LogP contribution is 2.37. The number of halogens is 3. The van der Waals surface area contributed by atoms with Crippen LogP contribution in [0.4, 0.5) is 13.2 Å². The molecule has 27 heavy (non-hydrogen) atoms. The molecule has 0 aliphatic heterocycles. The molecule has 0 fully saturated rings. The van der Waals surface area contributed by atoms with E-state index in [1.165, 1.54) is 12.1 Å². The lowest BCUT2D eigenvalue weighted by Gasteiger charge is -2.26. The van der Waals surface area contributed by atoms with E-state index in [1.54, 1.807) is 32.0 Å². The molecule has 144 valence electrons. The molecule has 0 amide bonds. The fourth-order valence-electron chi connectivity index (χ4n) is 3.21. The lowest BCUT2D eigenvalue weighted by Crippen LogP contribution is -2.45. The summed E-state index contributed by atoms with van der Waals surface area (Å²) in [5.41, 5.74) is 0.842. The van der Waals surface area contributed by atoms with Gasteiger partial charge >= 0.3 is 12.1 Å². The second kappa shape index (κ2) is 7.23. The molecule has 0 bridgehead atoms. The van der Waals surface area contributed by atoms with E-state index < -0.39 is 24.2 Å². The third-order valence-corrected chi connectivity index (χ3v) is 4.44. The summed E-state index contributed by atoms with van der Waals surface area (Å²) in [5, 5.41) is 13.1. The van der Waals surface area contributed by atoms with Crippen molar-refractivity contribution in [2.45, 2.75) is 38.5 Å². The largest absolute Gasteiger partial charge is 0.480 e. The predicted octanol–water partition coefficient (Wildman–Crippen LogP) is 5.28. The minimum atomic E-state index is -4.65. The Morgan fingerprint density at radius 1 is 1.11 bits per heavy atom. The number of carboxylic acid groups (broad SMARTS) is 1. The number of fused-ring (bicyclic) bond motifs is 3. The van der Waals surface area contributed by atoms with Crippen LogP contribution in [-0.4, -0.2) is 23.3 Å². The molecule has 1 heterocycles. The maximum absolute atomic E-state index is 13.7. The number of para-hydroxylation sites is 1. The van der Waals surface area contributed by atoms with E-state index in [0.29, 0.717) is 16.6 Å². The Morgan fingerprint density at radius 3 is 2.41 bits per heavy atom. The highest BCUT2D eigenvalue weighted by Gasteiger charge is 2.43. The minimum absolute atomic E-state index is 0.0645. The van der Waals surface area contributed by atoms with Crippen molar-refractivity contribution in [3.8, 4) is 0 Å². The third kappa shape index (κ3) is 4.08. The van der Waals surface area contributed by atoms with Crippen LogP contribution in [0.25, 0.3) is 21.9 Å². The molecule has 0 radical (unpaired) electrons. The van der Waals surface area contributed by atoms with Gasteiger partial charge in [-0.1, -0.05) is 44.2 Å². The molecule has 2 atom stereocenters. The van der Waals surface area contributed by atoms with Gasteiger partial charge in [-0.15, -0.1) is 0 Å². The van der Waals surface area contributed by atoms with Crippen molar-refractivity contribution in [3.63, 3.8) is 0 Å². The zero-order valence-electron chi connectivity index (χ0n) is 14.9. The fourth-order valence-corrected chi connectivity index (χ4v) is 3.21. The minimum Gasteiger partial charge on any atom is -0.480 e. The molecule has 3 rings (SSSR count). The zero-order chi connectivity index (χ0) is 19.8. The first-order valence-electron chi connectivity index (χ1n) is 8.63. The molecule has 0 saturated carbocycles. The Kier molecular flexibility index (Phi) is 5.15. The highest BCUT2D eigenvalue weighted by atomic mass is 19.4. The Hall–Kier alpha value is -2.54. The number of nitrogens with one attached hydrogen (secondary N) is 1. The van der Waals surface area contributed by atoms with Gasteiger partial charge in [-0.3, -0.25) is 10.1 Å². The normalized spacial score (nSPS) is 14.7. The van der Waals surface area contributed by atoms with Gasteiger partial charge < -0.3 is 9.52 Å². The standard InChI is InChI=1S/C20H20F3NO3/c1-11(2)9-15(19(25)26)24-18(20(21,22)23)12-7-8-14-13-5-3-4-6-16(13)27-17(14)10-12/h3-8,10-11,15,18,24H,9H2,1-2H3,(H,25,26). The first-order valence-corrected chi connectivity index (χ1v) is 8.63. The van der Waals surface area contributed by atoms with Gasteiger partial charge in [0.1, 0.15) is 23.2 Å². The summed E-state index contributed by atoms with van der Waals surface area (Å²) >= 11 is 0. The van der Waals surface area contributed by atoms with Crippen molar-refractivity contribution in [3.05, 3.63) is 48.0 Å². The van der Waals surface area contributed by atoms with Gasteiger partial charge in [0.15, 0.2) is 0 Å². The number of alkyl halides is 3. The number of hydrogen-bond acceptors (Lipinski definition) is 3. The molecule has 4 nitrogen and oxygen atoms in total. The third-order valence-electron chi connectivity index (χ3n) is 4.44. The maximum atomic E-state index is 13.7. The van der Waals surface area contributed by atoms with Gasteiger partial charge in [-0.05, 0) is 30.0 Å². The fraction of sp³-hybridized carbons (Fsp3) is 0.350. The smallest absolute Gasteiger partial charge is 0.407 e. The lowest BCUT2D eigenvalue weighted by molar-refractivity contribution is -0.163. The second-order valence-electron chi connectivity index (χ2n) is 7.02. The van der Waals surface area contributed by atoms with Crippen LogP contribution in [0.5, 0.6) is 0 Å². The summed E-state index contributed by atoms with van der Waals surface area (Å²) in [5.74, 6) is -1.37. The average molecular weight is 379 g/mol. The summed E-state index contributed by atoms with van der Waals surface area (Å²) in [6.07, 6.45) is -4.56. The molecule has 0 aliphatic carbocycles. The number of carboxylic acids is 1. The molecule has 0 spiro atoms. The number of aliphatic carboxylic acids is 1. The van der Waals surface area contributed by atoms with Crippen LogP contribution in [0.15, 0.2) is 46.9 Å². The topological polar surface area (TPSA) is 62.5 Å². The molecule has 0 saturated heterocycles. The molecule has 1 aromatic heterocycles. The SMILES string of the molecule is CC(C)CC(NC(c1ccc2c(c1)oc1ccccc12)C(F)(F)F)C(=O)O. The summed E-state index contributed by atoms with van der Waals surface area (Å²) in [4.78, 5) is 11.4. The summed E-state index contributed by atoms with van der Waals surface area (Å²) < 4.78 is 46.7. The first-order chi connectivity index (χ1) is 12.7. The van der Waals surface area contributed by atoms with E-state index in [1.807, 2.05) is 12.1 Å². The summed E-state index contributed by atoms with van der Waals surface area (Å²) in [7, 11) is 0. The predicted molar refractivity (Wildman–Crippen MR) is 96.5 cm³/mol. The molecule has 2 N–H and O–H groups in total. The van der Waals surface area contributed by atoms with Gasteiger partial charge in [0.05, 0.1) is 0 Å². The van der Waals surface area contributed by atoms with Crippen LogP contribution >= 0.6 is 0 Å². The number of rotatable bonds is 6. The van der Waals surface area contributed by atoms with Gasteiger partial charge in [0.25, 0.3) is 0 Å². The summed E-state index contributed by atoms with van der Waals surface area (Å²) in [6.45, 7) is 3.53. The van der Waals surface area contributed by atoms with Crippen molar-refractivity contribution >= 4 is 27.9 Å². The molecular weight excluding hydrogens is 359 g/mol. The molecule has 7 heteroatoms. The Labute approximate surface area is 154 Å². The van der Waals surface area contributed by atoms with E-state index in [2.05, 4.69) is 5.32 Å². The molecule has 2 aromatic carbocycles. The second-order valence-corrected chi connectivity index (χ2v) is 7.02. The van der Waals surface area contributed by atoms with Crippen LogP contribution in [0, 0.1) is 5.92 Å².